The summed E-state index contributed by atoms with van der Waals surface area (Å²) in [5.41, 5.74) is 1.86. The number of hydrogen-bond acceptors (Lipinski definition) is 3. The molecule has 0 saturated heterocycles. The van der Waals surface area contributed by atoms with Crippen molar-refractivity contribution >= 4 is 9.84 Å². The van der Waals surface area contributed by atoms with E-state index in [0.717, 1.165) is 30.8 Å². The minimum absolute atomic E-state index is 0.0787. The summed E-state index contributed by atoms with van der Waals surface area (Å²) in [7, 11) is -2.96. The second kappa shape index (κ2) is 3.38. The summed E-state index contributed by atoms with van der Waals surface area (Å²) in [5.74, 6) is 0.0787. The van der Waals surface area contributed by atoms with Gasteiger partial charge in [-0.2, -0.15) is 0 Å². The van der Waals surface area contributed by atoms with Gasteiger partial charge in [0.15, 0.2) is 9.84 Å². The van der Waals surface area contributed by atoms with E-state index < -0.39 is 9.84 Å². The van der Waals surface area contributed by atoms with Crippen LogP contribution < -0.4 is 0 Å². The monoisotopic (exact) mass is 214 g/mol. The molecule has 0 aromatic carbocycles. The summed E-state index contributed by atoms with van der Waals surface area (Å²) < 4.78 is 24.3. The highest BCUT2D eigenvalue weighted by molar-refractivity contribution is 7.89. The van der Waals surface area contributed by atoms with Gasteiger partial charge in [-0.15, -0.1) is 0 Å². The third-order valence-electron chi connectivity index (χ3n) is 2.49. The van der Waals surface area contributed by atoms with Crippen LogP contribution in [0.1, 0.15) is 24.2 Å². The van der Waals surface area contributed by atoms with Crippen LogP contribution in [0.15, 0.2) is 6.33 Å². The summed E-state index contributed by atoms with van der Waals surface area (Å²) in [6.45, 7) is 0.978. The first-order valence-electron chi connectivity index (χ1n) is 4.77. The smallest absolute Gasteiger partial charge is 0.153 e. The lowest BCUT2D eigenvalue weighted by atomic mass is 10.1. The van der Waals surface area contributed by atoms with E-state index in [2.05, 4.69) is 9.55 Å². The minimum Gasteiger partial charge on any atom is -0.334 e. The molecular weight excluding hydrogens is 200 g/mol. The fraction of sp³-hybridized carbons (Fsp3) is 0.667. The molecule has 0 atom stereocenters. The van der Waals surface area contributed by atoms with Gasteiger partial charge in [-0.3, -0.25) is 0 Å². The van der Waals surface area contributed by atoms with Crippen molar-refractivity contribution in [2.45, 2.75) is 31.6 Å². The third-order valence-corrected chi connectivity index (χ3v) is 3.29. The van der Waals surface area contributed by atoms with Crippen LogP contribution in [0.5, 0.6) is 0 Å². The third kappa shape index (κ3) is 1.97. The van der Waals surface area contributed by atoms with E-state index >= 15 is 0 Å². The molecule has 0 radical (unpaired) electrons. The molecule has 4 nitrogen and oxygen atoms in total. The van der Waals surface area contributed by atoms with Crippen molar-refractivity contribution in [3.05, 3.63) is 17.7 Å². The number of fused-ring (bicyclic) bond motifs is 1. The second-order valence-corrected chi connectivity index (χ2v) is 6.00. The Kier molecular flexibility index (Phi) is 2.34. The van der Waals surface area contributed by atoms with Gasteiger partial charge in [0.2, 0.25) is 0 Å². The molecule has 1 aliphatic heterocycles. The van der Waals surface area contributed by atoms with Crippen LogP contribution in [-0.2, 0) is 28.6 Å². The fourth-order valence-corrected chi connectivity index (χ4v) is 2.61. The van der Waals surface area contributed by atoms with Crippen LogP contribution in [0.2, 0.25) is 0 Å². The molecule has 1 aromatic heterocycles. The van der Waals surface area contributed by atoms with E-state index in [1.165, 1.54) is 12.7 Å². The lowest BCUT2D eigenvalue weighted by Crippen LogP contribution is -2.11. The Labute approximate surface area is 83.9 Å². The van der Waals surface area contributed by atoms with Crippen LogP contribution in [0.4, 0.5) is 0 Å². The molecule has 0 saturated carbocycles. The molecule has 0 bridgehead atoms. The van der Waals surface area contributed by atoms with Crippen molar-refractivity contribution in [1.82, 2.24) is 9.55 Å². The highest BCUT2D eigenvalue weighted by Crippen LogP contribution is 2.19. The van der Waals surface area contributed by atoms with Gasteiger partial charge in [-0.25, -0.2) is 13.4 Å². The van der Waals surface area contributed by atoms with Crippen molar-refractivity contribution < 1.29 is 8.42 Å². The average molecular weight is 214 g/mol. The molecule has 0 amide bonds. The Morgan fingerprint density at radius 2 is 2.29 bits per heavy atom. The number of aromatic nitrogens is 2. The normalized spacial score (nSPS) is 16.6. The molecule has 14 heavy (non-hydrogen) atoms. The van der Waals surface area contributed by atoms with Gasteiger partial charge in [0, 0.05) is 18.5 Å². The van der Waals surface area contributed by atoms with E-state index in [-0.39, 0.29) is 5.75 Å². The minimum atomic E-state index is -2.96. The molecule has 1 aromatic rings. The van der Waals surface area contributed by atoms with Crippen LogP contribution >= 0.6 is 0 Å². The van der Waals surface area contributed by atoms with Gasteiger partial charge in [0.05, 0.1) is 17.8 Å². The summed E-state index contributed by atoms with van der Waals surface area (Å²) in [6, 6.07) is 0. The van der Waals surface area contributed by atoms with Crippen molar-refractivity contribution in [2.75, 3.05) is 6.26 Å². The zero-order chi connectivity index (χ0) is 10.2. The lowest BCUT2D eigenvalue weighted by molar-refractivity contribution is 0.529. The first-order chi connectivity index (χ1) is 6.56. The average Bonchev–Trinajstić information content (AvgIpc) is 2.47. The predicted molar refractivity (Wildman–Crippen MR) is 53.7 cm³/mol. The number of sulfone groups is 1. The molecule has 0 N–H and O–H groups in total. The van der Waals surface area contributed by atoms with Gasteiger partial charge in [0.1, 0.15) is 0 Å². The highest BCUT2D eigenvalue weighted by Gasteiger charge is 2.17. The summed E-state index contributed by atoms with van der Waals surface area (Å²) in [4.78, 5) is 4.17. The van der Waals surface area contributed by atoms with Gasteiger partial charge in [-0.1, -0.05) is 0 Å². The Bertz CT molecular complexity index is 434. The molecule has 2 rings (SSSR count). The lowest BCUT2D eigenvalue weighted by Gasteiger charge is -2.14. The largest absolute Gasteiger partial charge is 0.334 e. The summed E-state index contributed by atoms with van der Waals surface area (Å²) >= 11 is 0. The highest BCUT2D eigenvalue weighted by atomic mass is 32.2. The van der Waals surface area contributed by atoms with E-state index in [1.807, 2.05) is 0 Å². The van der Waals surface area contributed by atoms with Crippen molar-refractivity contribution in [3.8, 4) is 0 Å². The Balaban J connectivity index is 2.31. The van der Waals surface area contributed by atoms with Gasteiger partial charge in [0.25, 0.3) is 0 Å². The van der Waals surface area contributed by atoms with Crippen LogP contribution in [0, 0.1) is 0 Å². The van der Waals surface area contributed by atoms with Gasteiger partial charge >= 0.3 is 0 Å². The van der Waals surface area contributed by atoms with Crippen molar-refractivity contribution in [2.24, 2.45) is 0 Å². The maximum absolute atomic E-state index is 11.1. The summed E-state index contributed by atoms with van der Waals surface area (Å²) in [5, 5.41) is 0. The zero-order valence-electron chi connectivity index (χ0n) is 8.23. The maximum atomic E-state index is 11.1. The molecule has 1 aliphatic rings. The van der Waals surface area contributed by atoms with E-state index in [1.54, 1.807) is 6.33 Å². The molecule has 2 heterocycles. The SMILES string of the molecule is CS(=O)(=O)Cc1ncn2c1CCCC2. The second-order valence-electron chi connectivity index (χ2n) is 3.86. The topological polar surface area (TPSA) is 52.0 Å². The molecule has 78 valence electrons. The summed E-state index contributed by atoms with van der Waals surface area (Å²) in [6.07, 6.45) is 6.28. The molecule has 0 fully saturated rings. The molecule has 0 aliphatic carbocycles. The first-order valence-corrected chi connectivity index (χ1v) is 6.83. The van der Waals surface area contributed by atoms with E-state index in [4.69, 9.17) is 0 Å². The predicted octanol–water partition coefficient (Wildman–Crippen LogP) is 0.764. The number of nitrogens with zero attached hydrogens (tertiary/aromatic N) is 2. The Hall–Kier alpha value is -0.840. The number of hydrogen-bond donors (Lipinski definition) is 0. The van der Waals surface area contributed by atoms with Crippen LogP contribution in [0.3, 0.4) is 0 Å². The van der Waals surface area contributed by atoms with Crippen LogP contribution in [0.25, 0.3) is 0 Å². The van der Waals surface area contributed by atoms with Crippen molar-refractivity contribution in [3.63, 3.8) is 0 Å². The molecular formula is C9H14N2O2S. The van der Waals surface area contributed by atoms with Gasteiger partial charge < -0.3 is 4.57 Å². The standard InChI is InChI=1S/C9H14N2O2S/c1-14(12,13)6-8-9-4-2-3-5-11(9)7-10-8/h7H,2-6H2,1H3. The van der Waals surface area contributed by atoms with Gasteiger partial charge in [-0.05, 0) is 19.3 Å². The zero-order valence-corrected chi connectivity index (χ0v) is 9.05. The fourth-order valence-electron chi connectivity index (χ4n) is 1.87. The first kappa shape index (κ1) is 9.71. The van der Waals surface area contributed by atoms with E-state index in [0.29, 0.717) is 0 Å². The maximum Gasteiger partial charge on any atom is 0.153 e. The number of aryl methyl sites for hydroxylation is 1. The Morgan fingerprint density at radius 1 is 1.50 bits per heavy atom. The molecule has 5 heteroatoms. The number of imidazole rings is 1. The molecule has 0 spiro atoms. The quantitative estimate of drug-likeness (QED) is 0.730. The van der Waals surface area contributed by atoms with Crippen LogP contribution in [-0.4, -0.2) is 24.2 Å². The Morgan fingerprint density at radius 3 is 3.00 bits per heavy atom. The number of rotatable bonds is 2. The van der Waals surface area contributed by atoms with E-state index in [9.17, 15) is 8.42 Å². The van der Waals surface area contributed by atoms with Crippen molar-refractivity contribution in [1.29, 1.82) is 0 Å². The molecule has 0 unspecified atom stereocenters.